The smallest absolute Gasteiger partial charge is 0.328 e. The van der Waals surface area contributed by atoms with Crippen LogP contribution in [-0.4, -0.2) is 36.7 Å². The zero-order valence-corrected chi connectivity index (χ0v) is 9.85. The van der Waals surface area contributed by atoms with Crippen LogP contribution in [0.1, 0.15) is 5.56 Å². The van der Waals surface area contributed by atoms with Gasteiger partial charge in [-0.05, 0) is 11.6 Å². The van der Waals surface area contributed by atoms with Crippen LogP contribution in [0.25, 0.3) is 0 Å². The number of aliphatic hydroxyl groups is 1. The van der Waals surface area contributed by atoms with Gasteiger partial charge < -0.3 is 15.2 Å². The first kappa shape index (κ1) is 14.1. The normalized spacial score (nSPS) is 11.7. The first-order valence-electron chi connectivity index (χ1n) is 5.30. The number of hydrogen-bond acceptors (Lipinski definition) is 4. The summed E-state index contributed by atoms with van der Waals surface area (Å²) in [5.74, 6) is -1.88. The predicted molar refractivity (Wildman–Crippen MR) is 61.1 cm³/mol. The fourth-order valence-corrected chi connectivity index (χ4v) is 1.46. The van der Waals surface area contributed by atoms with Gasteiger partial charge >= 0.3 is 5.97 Å². The highest BCUT2D eigenvalue weighted by Crippen LogP contribution is 2.09. The Morgan fingerprint density at radius 1 is 1.44 bits per heavy atom. The van der Waals surface area contributed by atoms with Gasteiger partial charge in [-0.15, -0.1) is 0 Å². The summed E-state index contributed by atoms with van der Waals surface area (Å²) in [4.78, 5) is 22.5. The van der Waals surface area contributed by atoms with Gasteiger partial charge in [0, 0.05) is 6.42 Å². The molecule has 1 rings (SSSR count). The average molecular weight is 255 g/mol. The Morgan fingerprint density at radius 2 is 2.11 bits per heavy atom. The fourth-order valence-electron chi connectivity index (χ4n) is 1.46. The van der Waals surface area contributed by atoms with Crippen LogP contribution in [0, 0.1) is 5.82 Å². The molecule has 0 aliphatic carbocycles. The van der Waals surface area contributed by atoms with E-state index in [0.717, 1.165) is 0 Å². The molecule has 1 amide bonds. The molecular weight excluding hydrogens is 241 g/mol. The summed E-state index contributed by atoms with van der Waals surface area (Å²) in [5, 5.41) is 10.9. The lowest BCUT2D eigenvalue weighted by Gasteiger charge is -2.16. The third-order valence-corrected chi connectivity index (χ3v) is 2.35. The van der Waals surface area contributed by atoms with E-state index in [2.05, 4.69) is 10.1 Å². The van der Waals surface area contributed by atoms with E-state index in [4.69, 9.17) is 5.11 Å². The highest BCUT2D eigenvalue weighted by Gasteiger charge is 2.22. The molecular formula is C12H14FNO4. The minimum Gasteiger partial charge on any atom is -0.467 e. The molecule has 0 aliphatic heterocycles. The van der Waals surface area contributed by atoms with Gasteiger partial charge in [0.2, 0.25) is 5.91 Å². The SMILES string of the molecule is COC(=O)[C@@H](Cc1ccccc1F)NC(=O)CO. The highest BCUT2D eigenvalue weighted by molar-refractivity contribution is 5.85. The van der Waals surface area contributed by atoms with Gasteiger partial charge in [0.25, 0.3) is 0 Å². The number of halogens is 1. The average Bonchev–Trinajstić information content (AvgIpc) is 2.39. The summed E-state index contributed by atoms with van der Waals surface area (Å²) in [6.07, 6.45) is -0.0366. The van der Waals surface area contributed by atoms with Crippen LogP contribution < -0.4 is 5.32 Å². The highest BCUT2D eigenvalue weighted by atomic mass is 19.1. The van der Waals surface area contributed by atoms with Crippen molar-refractivity contribution >= 4 is 11.9 Å². The third-order valence-electron chi connectivity index (χ3n) is 2.35. The number of esters is 1. The van der Waals surface area contributed by atoms with E-state index >= 15 is 0 Å². The number of benzene rings is 1. The van der Waals surface area contributed by atoms with Gasteiger partial charge in [0.05, 0.1) is 7.11 Å². The van der Waals surface area contributed by atoms with Crippen LogP contribution >= 0.6 is 0 Å². The third kappa shape index (κ3) is 3.81. The maximum Gasteiger partial charge on any atom is 0.328 e. The van der Waals surface area contributed by atoms with Crippen LogP contribution in [0.2, 0.25) is 0 Å². The van der Waals surface area contributed by atoms with E-state index in [1.54, 1.807) is 6.07 Å². The van der Waals surface area contributed by atoms with E-state index in [1.807, 2.05) is 0 Å². The Morgan fingerprint density at radius 3 is 2.67 bits per heavy atom. The zero-order valence-electron chi connectivity index (χ0n) is 9.85. The summed E-state index contributed by atoms with van der Waals surface area (Å²) in [5.41, 5.74) is 0.283. The molecule has 0 aliphatic rings. The molecule has 1 aromatic rings. The minimum atomic E-state index is -1.02. The Hall–Kier alpha value is -1.95. The number of ether oxygens (including phenoxy) is 1. The molecule has 0 unspecified atom stereocenters. The number of rotatable bonds is 5. The molecule has 0 spiro atoms. The molecule has 0 radical (unpaired) electrons. The number of amides is 1. The molecule has 2 N–H and O–H groups in total. The van der Waals surface area contributed by atoms with Crippen molar-refractivity contribution in [2.45, 2.75) is 12.5 Å². The van der Waals surface area contributed by atoms with Crippen molar-refractivity contribution in [2.75, 3.05) is 13.7 Å². The Kier molecular flexibility index (Phi) is 5.26. The molecule has 18 heavy (non-hydrogen) atoms. The molecule has 0 saturated carbocycles. The molecule has 6 heteroatoms. The van der Waals surface area contributed by atoms with E-state index in [9.17, 15) is 14.0 Å². The molecule has 0 saturated heterocycles. The van der Waals surface area contributed by atoms with E-state index in [0.29, 0.717) is 0 Å². The Balaban J connectivity index is 2.82. The van der Waals surface area contributed by atoms with Crippen LogP contribution in [0.3, 0.4) is 0 Å². The van der Waals surface area contributed by atoms with E-state index in [1.165, 1.54) is 25.3 Å². The predicted octanol–water partition coefficient (Wildman–Crippen LogP) is 0.0183. The van der Waals surface area contributed by atoms with Gasteiger partial charge in [-0.2, -0.15) is 0 Å². The number of hydrogen-bond donors (Lipinski definition) is 2. The first-order valence-corrected chi connectivity index (χ1v) is 5.30. The first-order chi connectivity index (χ1) is 8.58. The molecule has 1 aromatic carbocycles. The monoisotopic (exact) mass is 255 g/mol. The maximum atomic E-state index is 13.4. The number of nitrogens with one attached hydrogen (secondary N) is 1. The second kappa shape index (κ2) is 6.70. The van der Waals surface area contributed by atoms with Gasteiger partial charge in [-0.3, -0.25) is 4.79 Å². The van der Waals surface area contributed by atoms with Crippen molar-refractivity contribution in [3.05, 3.63) is 35.6 Å². The Labute approximate surface area is 104 Å². The van der Waals surface area contributed by atoms with Crippen molar-refractivity contribution in [3.8, 4) is 0 Å². The second-order valence-corrected chi connectivity index (χ2v) is 3.60. The largest absolute Gasteiger partial charge is 0.467 e. The Bertz CT molecular complexity index is 436. The summed E-state index contributed by atoms with van der Waals surface area (Å²) < 4.78 is 17.9. The number of carbonyl (C=O) groups is 2. The molecule has 1 atom stereocenters. The van der Waals surface area contributed by atoms with Crippen LogP contribution in [0.15, 0.2) is 24.3 Å². The van der Waals surface area contributed by atoms with Crippen molar-refractivity contribution in [1.29, 1.82) is 0 Å². The summed E-state index contributed by atoms with van der Waals surface area (Å²) in [6.45, 7) is -0.745. The van der Waals surface area contributed by atoms with Crippen LogP contribution in [0.5, 0.6) is 0 Å². The molecule has 98 valence electrons. The van der Waals surface area contributed by atoms with E-state index in [-0.39, 0.29) is 12.0 Å². The standard InChI is InChI=1S/C12H14FNO4/c1-18-12(17)10(14-11(16)7-15)6-8-4-2-3-5-9(8)13/h2-5,10,15H,6-7H2,1H3,(H,14,16)/t10-/m1/s1. The fraction of sp³-hybridized carbons (Fsp3) is 0.333. The van der Waals surface area contributed by atoms with Crippen molar-refractivity contribution in [3.63, 3.8) is 0 Å². The number of methoxy groups -OCH3 is 1. The summed E-state index contributed by atoms with van der Waals surface area (Å²) in [6, 6.07) is 4.90. The summed E-state index contributed by atoms with van der Waals surface area (Å²) >= 11 is 0. The molecule has 5 nitrogen and oxygen atoms in total. The molecule has 0 bridgehead atoms. The van der Waals surface area contributed by atoms with Gasteiger partial charge in [0.1, 0.15) is 18.5 Å². The second-order valence-electron chi connectivity index (χ2n) is 3.60. The van der Waals surface area contributed by atoms with Crippen molar-refractivity contribution in [2.24, 2.45) is 0 Å². The summed E-state index contributed by atoms with van der Waals surface area (Å²) in [7, 11) is 1.17. The molecule has 0 fully saturated rings. The zero-order chi connectivity index (χ0) is 13.5. The lowest BCUT2D eigenvalue weighted by Crippen LogP contribution is -2.44. The van der Waals surface area contributed by atoms with Crippen LogP contribution in [0.4, 0.5) is 4.39 Å². The molecule has 0 heterocycles. The molecule has 0 aromatic heterocycles. The topological polar surface area (TPSA) is 75.6 Å². The van der Waals surface area contributed by atoms with E-state index < -0.39 is 30.3 Å². The van der Waals surface area contributed by atoms with Crippen molar-refractivity contribution in [1.82, 2.24) is 5.32 Å². The minimum absolute atomic E-state index is 0.0366. The van der Waals surface area contributed by atoms with Gasteiger partial charge in [0.15, 0.2) is 0 Å². The quantitative estimate of drug-likeness (QED) is 0.727. The van der Waals surface area contributed by atoms with Crippen molar-refractivity contribution < 1.29 is 23.8 Å². The lowest BCUT2D eigenvalue weighted by molar-refractivity contribution is -0.145. The van der Waals surface area contributed by atoms with Crippen LogP contribution in [-0.2, 0) is 20.7 Å². The lowest BCUT2D eigenvalue weighted by atomic mass is 10.1. The number of aliphatic hydroxyl groups excluding tert-OH is 1. The number of carbonyl (C=O) groups excluding carboxylic acids is 2. The van der Waals surface area contributed by atoms with Gasteiger partial charge in [-0.25, -0.2) is 9.18 Å². The maximum absolute atomic E-state index is 13.4. The van der Waals surface area contributed by atoms with Gasteiger partial charge in [-0.1, -0.05) is 18.2 Å².